The van der Waals surface area contributed by atoms with Gasteiger partial charge < -0.3 is 9.84 Å². The highest BCUT2D eigenvalue weighted by Gasteiger charge is 2.25. The molecule has 3 nitrogen and oxygen atoms in total. The van der Waals surface area contributed by atoms with E-state index in [-0.39, 0.29) is 18.2 Å². The van der Waals surface area contributed by atoms with Crippen LogP contribution in [0.1, 0.15) is 32.3 Å². The number of phenols is 1. The van der Waals surface area contributed by atoms with Crippen molar-refractivity contribution >= 4 is 12.4 Å². The van der Waals surface area contributed by atoms with Gasteiger partial charge in [-0.05, 0) is 44.0 Å². The lowest BCUT2D eigenvalue weighted by Crippen LogP contribution is -2.43. The molecule has 0 bridgehead atoms. The van der Waals surface area contributed by atoms with E-state index in [1.165, 1.54) is 12.8 Å². The Morgan fingerprint density at radius 2 is 1.95 bits per heavy atom. The molecule has 1 atom stereocenters. The van der Waals surface area contributed by atoms with Crippen molar-refractivity contribution in [3.8, 4) is 11.5 Å². The molecule has 4 heteroatoms. The SMILES string of the molecule is CCCN(CCC)C1COc2c(O)cccc2C1.Cl. The quantitative estimate of drug-likeness (QED) is 0.901. The van der Waals surface area contributed by atoms with E-state index in [2.05, 4.69) is 24.8 Å². The predicted octanol–water partition coefficient (Wildman–Crippen LogP) is 3.24. The predicted molar refractivity (Wildman–Crippen MR) is 80.5 cm³/mol. The van der Waals surface area contributed by atoms with Crippen molar-refractivity contribution in [1.29, 1.82) is 0 Å². The van der Waals surface area contributed by atoms with Crippen molar-refractivity contribution < 1.29 is 9.84 Å². The summed E-state index contributed by atoms with van der Waals surface area (Å²) >= 11 is 0. The number of hydrogen-bond donors (Lipinski definition) is 1. The van der Waals surface area contributed by atoms with Crippen molar-refractivity contribution in [3.05, 3.63) is 23.8 Å². The minimum atomic E-state index is 0. The van der Waals surface area contributed by atoms with Crippen LogP contribution in [-0.4, -0.2) is 35.7 Å². The van der Waals surface area contributed by atoms with Gasteiger partial charge in [0.05, 0.1) is 0 Å². The Morgan fingerprint density at radius 1 is 1.26 bits per heavy atom. The average molecular weight is 286 g/mol. The van der Waals surface area contributed by atoms with Crippen LogP contribution in [0.3, 0.4) is 0 Å². The van der Waals surface area contributed by atoms with E-state index in [1.54, 1.807) is 6.07 Å². The van der Waals surface area contributed by atoms with Crippen molar-refractivity contribution in [2.24, 2.45) is 0 Å². The fourth-order valence-corrected chi connectivity index (χ4v) is 2.68. The number of aromatic hydroxyl groups is 1. The van der Waals surface area contributed by atoms with Crippen LogP contribution >= 0.6 is 12.4 Å². The number of fused-ring (bicyclic) bond motifs is 1. The number of rotatable bonds is 5. The average Bonchev–Trinajstić information content (AvgIpc) is 2.38. The molecule has 19 heavy (non-hydrogen) atoms. The lowest BCUT2D eigenvalue weighted by atomic mass is 10.0. The second-order valence-corrected chi connectivity index (χ2v) is 4.97. The number of ether oxygens (including phenoxy) is 1. The van der Waals surface area contributed by atoms with Gasteiger partial charge in [-0.2, -0.15) is 0 Å². The molecule has 1 aromatic carbocycles. The Kier molecular flexibility index (Phi) is 6.46. The minimum absolute atomic E-state index is 0. The third kappa shape index (κ3) is 3.77. The van der Waals surface area contributed by atoms with Gasteiger partial charge in [0.25, 0.3) is 0 Å². The Balaban J connectivity index is 0.00000180. The highest BCUT2D eigenvalue weighted by molar-refractivity contribution is 5.85. The van der Waals surface area contributed by atoms with Gasteiger partial charge in [0.15, 0.2) is 11.5 Å². The molecule has 0 aliphatic carbocycles. The second kappa shape index (κ2) is 7.61. The summed E-state index contributed by atoms with van der Waals surface area (Å²) in [5, 5.41) is 9.75. The van der Waals surface area contributed by atoms with E-state index in [0.717, 1.165) is 25.1 Å². The summed E-state index contributed by atoms with van der Waals surface area (Å²) in [6, 6.07) is 6.08. The van der Waals surface area contributed by atoms with Crippen LogP contribution in [0.25, 0.3) is 0 Å². The van der Waals surface area contributed by atoms with Crippen molar-refractivity contribution in [1.82, 2.24) is 4.90 Å². The summed E-state index contributed by atoms with van der Waals surface area (Å²) in [6.45, 7) is 7.36. The van der Waals surface area contributed by atoms with Crippen LogP contribution in [0, 0.1) is 0 Å². The van der Waals surface area contributed by atoms with E-state index in [9.17, 15) is 5.11 Å². The van der Waals surface area contributed by atoms with E-state index < -0.39 is 0 Å². The lowest BCUT2D eigenvalue weighted by molar-refractivity contribution is 0.116. The highest BCUT2D eigenvalue weighted by atomic mass is 35.5. The summed E-state index contributed by atoms with van der Waals surface area (Å²) < 4.78 is 5.75. The monoisotopic (exact) mass is 285 g/mol. The first kappa shape index (κ1) is 16.1. The largest absolute Gasteiger partial charge is 0.504 e. The smallest absolute Gasteiger partial charge is 0.164 e. The van der Waals surface area contributed by atoms with Gasteiger partial charge in [0, 0.05) is 6.04 Å². The van der Waals surface area contributed by atoms with Crippen LogP contribution in [-0.2, 0) is 6.42 Å². The van der Waals surface area contributed by atoms with Crippen LogP contribution in [0.5, 0.6) is 11.5 Å². The molecule has 1 heterocycles. The zero-order valence-corrected chi connectivity index (χ0v) is 12.6. The number of phenolic OH excluding ortho intramolecular Hbond substituents is 1. The molecule has 0 aromatic heterocycles. The van der Waals surface area contributed by atoms with Gasteiger partial charge in [-0.15, -0.1) is 12.4 Å². The van der Waals surface area contributed by atoms with Crippen molar-refractivity contribution in [3.63, 3.8) is 0 Å². The number of nitrogens with zero attached hydrogens (tertiary/aromatic N) is 1. The molecule has 0 saturated carbocycles. The fraction of sp³-hybridized carbons (Fsp3) is 0.600. The van der Waals surface area contributed by atoms with E-state index in [1.807, 2.05) is 6.07 Å². The van der Waals surface area contributed by atoms with E-state index in [0.29, 0.717) is 18.4 Å². The molecule has 108 valence electrons. The molecule has 0 saturated heterocycles. The van der Waals surface area contributed by atoms with Gasteiger partial charge in [-0.25, -0.2) is 0 Å². The zero-order valence-electron chi connectivity index (χ0n) is 11.8. The van der Waals surface area contributed by atoms with E-state index >= 15 is 0 Å². The molecule has 0 spiro atoms. The van der Waals surface area contributed by atoms with Crippen LogP contribution < -0.4 is 4.74 Å². The molecule has 0 fully saturated rings. The molecule has 1 N–H and O–H groups in total. The van der Waals surface area contributed by atoms with Crippen LogP contribution in [0.2, 0.25) is 0 Å². The summed E-state index contributed by atoms with van der Waals surface area (Å²) in [5.74, 6) is 0.949. The van der Waals surface area contributed by atoms with Crippen LogP contribution in [0.4, 0.5) is 0 Å². The third-order valence-electron chi connectivity index (χ3n) is 3.49. The lowest BCUT2D eigenvalue weighted by Gasteiger charge is -2.35. The first-order valence-electron chi connectivity index (χ1n) is 6.94. The van der Waals surface area contributed by atoms with Crippen molar-refractivity contribution in [2.45, 2.75) is 39.2 Å². The summed E-state index contributed by atoms with van der Waals surface area (Å²) in [6.07, 6.45) is 3.32. The number of benzene rings is 1. The maximum Gasteiger partial charge on any atom is 0.164 e. The maximum atomic E-state index is 9.75. The maximum absolute atomic E-state index is 9.75. The van der Waals surface area contributed by atoms with Gasteiger partial charge in [0.1, 0.15) is 6.61 Å². The summed E-state index contributed by atoms with van der Waals surface area (Å²) in [4.78, 5) is 2.51. The standard InChI is InChI=1S/C15H23NO2.ClH/c1-3-8-16(9-4-2)13-10-12-6-5-7-14(17)15(12)18-11-13;/h5-7,13,17H,3-4,8-11H2,1-2H3;1H. The summed E-state index contributed by atoms with van der Waals surface area (Å²) in [5.41, 5.74) is 1.13. The minimum Gasteiger partial charge on any atom is -0.504 e. The number of halogens is 1. The van der Waals surface area contributed by atoms with Gasteiger partial charge in [-0.3, -0.25) is 4.90 Å². The first-order valence-corrected chi connectivity index (χ1v) is 6.94. The first-order chi connectivity index (χ1) is 8.76. The number of hydrogen-bond acceptors (Lipinski definition) is 3. The molecular formula is C15H24ClNO2. The molecule has 0 radical (unpaired) electrons. The second-order valence-electron chi connectivity index (χ2n) is 4.97. The summed E-state index contributed by atoms with van der Waals surface area (Å²) in [7, 11) is 0. The molecule has 1 aliphatic heterocycles. The van der Waals surface area contributed by atoms with Crippen molar-refractivity contribution in [2.75, 3.05) is 19.7 Å². The van der Waals surface area contributed by atoms with Gasteiger partial charge >= 0.3 is 0 Å². The normalized spacial score (nSPS) is 17.5. The van der Waals surface area contributed by atoms with E-state index in [4.69, 9.17) is 4.74 Å². The van der Waals surface area contributed by atoms with Crippen LogP contribution in [0.15, 0.2) is 18.2 Å². The Bertz CT molecular complexity index is 392. The van der Waals surface area contributed by atoms with Gasteiger partial charge in [0.2, 0.25) is 0 Å². The van der Waals surface area contributed by atoms with Gasteiger partial charge in [-0.1, -0.05) is 26.0 Å². The Hall–Kier alpha value is -0.930. The molecule has 0 amide bonds. The molecule has 1 unspecified atom stereocenters. The number of para-hydroxylation sites is 1. The molecule has 2 rings (SSSR count). The Labute approximate surface area is 122 Å². The molecule has 1 aromatic rings. The molecular weight excluding hydrogens is 262 g/mol. The molecule has 1 aliphatic rings. The zero-order chi connectivity index (χ0) is 13.0. The Morgan fingerprint density at radius 3 is 2.58 bits per heavy atom. The third-order valence-corrected chi connectivity index (χ3v) is 3.49. The highest BCUT2D eigenvalue weighted by Crippen LogP contribution is 2.34. The fourth-order valence-electron chi connectivity index (χ4n) is 2.68. The topological polar surface area (TPSA) is 32.7 Å².